The lowest BCUT2D eigenvalue weighted by atomic mass is 9.66. The highest BCUT2D eigenvalue weighted by molar-refractivity contribution is 5.79. The van der Waals surface area contributed by atoms with Crippen LogP contribution in [0.15, 0.2) is 12.4 Å². The van der Waals surface area contributed by atoms with Crippen molar-refractivity contribution < 1.29 is 9.90 Å². The first-order valence-electron chi connectivity index (χ1n) is 9.69. The molecule has 0 spiro atoms. The Labute approximate surface area is 159 Å². The van der Waals surface area contributed by atoms with E-state index < -0.39 is 12.1 Å². The summed E-state index contributed by atoms with van der Waals surface area (Å²) in [6, 6.07) is 1.60. The van der Waals surface area contributed by atoms with Gasteiger partial charge >= 0.3 is 0 Å². The van der Waals surface area contributed by atoms with Gasteiger partial charge in [0.1, 0.15) is 6.04 Å². The van der Waals surface area contributed by atoms with Crippen molar-refractivity contribution in [2.24, 2.45) is 16.7 Å². The monoisotopic (exact) mass is 372 g/mol. The molecule has 1 amide bonds. The molecule has 1 saturated heterocycles. The number of nitriles is 1. The van der Waals surface area contributed by atoms with Crippen molar-refractivity contribution in [3.05, 3.63) is 12.4 Å². The lowest BCUT2D eigenvalue weighted by Gasteiger charge is -2.46. The maximum atomic E-state index is 12.7. The summed E-state index contributed by atoms with van der Waals surface area (Å²) in [4.78, 5) is 16.0. The van der Waals surface area contributed by atoms with E-state index in [9.17, 15) is 15.2 Å². The van der Waals surface area contributed by atoms with E-state index >= 15 is 0 Å². The van der Waals surface area contributed by atoms with Crippen LogP contribution in [0.3, 0.4) is 0 Å². The zero-order chi connectivity index (χ0) is 19.4. The second-order valence-corrected chi connectivity index (χ2v) is 9.21. The summed E-state index contributed by atoms with van der Waals surface area (Å²) >= 11 is 0. The number of carbonyl (C=O) groups excluding carboxylic acids is 1. The van der Waals surface area contributed by atoms with E-state index in [0.29, 0.717) is 12.3 Å². The second-order valence-electron chi connectivity index (χ2n) is 9.21. The highest BCUT2D eigenvalue weighted by Gasteiger charge is 2.74. The quantitative estimate of drug-likeness (QED) is 0.782. The third kappa shape index (κ3) is 2.67. The lowest BCUT2D eigenvalue weighted by molar-refractivity contribution is -0.131. The zero-order valence-electron chi connectivity index (χ0n) is 16.2. The van der Waals surface area contributed by atoms with Crippen molar-refractivity contribution in [2.75, 3.05) is 13.1 Å². The molecule has 2 N–H and O–H groups in total. The Morgan fingerprint density at radius 1 is 1.33 bits per heavy atom. The highest BCUT2D eigenvalue weighted by atomic mass is 16.3. The van der Waals surface area contributed by atoms with Crippen LogP contribution < -0.4 is 5.32 Å². The molecule has 3 fully saturated rings. The van der Waals surface area contributed by atoms with Crippen molar-refractivity contribution >= 4 is 5.91 Å². The number of aliphatic hydroxyl groups is 1. The Morgan fingerprint density at radius 3 is 2.70 bits per heavy atom. The minimum absolute atomic E-state index is 0.0300. The molecule has 0 aromatic carbocycles. The Hall–Kier alpha value is -1.98. The molecule has 3 aliphatic rings. The Morgan fingerprint density at radius 2 is 2.04 bits per heavy atom. The van der Waals surface area contributed by atoms with Gasteiger partial charge in [-0.3, -0.25) is 4.79 Å². The number of amides is 1. The first kappa shape index (κ1) is 18.4. The average Bonchev–Trinajstić information content (AvgIpc) is 2.93. The number of aromatic nitrogens is 3. The summed E-state index contributed by atoms with van der Waals surface area (Å²) in [5.41, 5.74) is -0.0627. The lowest BCUT2D eigenvalue weighted by Crippen LogP contribution is -2.57. The average molecular weight is 372 g/mol. The van der Waals surface area contributed by atoms with Crippen LogP contribution in [0.1, 0.15) is 40.0 Å². The number of likely N-dealkylation sites (tertiary alicyclic amines) is 1. The van der Waals surface area contributed by atoms with Gasteiger partial charge in [0.2, 0.25) is 5.91 Å². The van der Waals surface area contributed by atoms with Gasteiger partial charge in [-0.05, 0) is 31.1 Å². The van der Waals surface area contributed by atoms with Gasteiger partial charge in [0.25, 0.3) is 0 Å². The van der Waals surface area contributed by atoms with Gasteiger partial charge in [-0.15, -0.1) is 0 Å². The number of rotatable bonds is 5. The van der Waals surface area contributed by atoms with E-state index in [4.69, 9.17) is 0 Å². The molecule has 8 heteroatoms. The predicted octanol–water partition coefficient (Wildman–Crippen LogP) is 0.548. The first-order valence-corrected chi connectivity index (χ1v) is 9.69. The fourth-order valence-electron chi connectivity index (χ4n) is 5.56. The molecule has 5 unspecified atom stereocenters. The molecular formula is C19H28N6O2. The van der Waals surface area contributed by atoms with Crippen LogP contribution >= 0.6 is 0 Å². The molecule has 8 nitrogen and oxygen atoms in total. The first-order chi connectivity index (χ1) is 12.7. The van der Waals surface area contributed by atoms with Crippen LogP contribution in [0, 0.1) is 28.1 Å². The molecule has 0 bridgehead atoms. The summed E-state index contributed by atoms with van der Waals surface area (Å²) in [6.07, 6.45) is 5.34. The number of fused-ring (bicyclic) bond motifs is 1. The molecule has 0 radical (unpaired) electrons. The topological polar surface area (TPSA) is 107 Å². The van der Waals surface area contributed by atoms with Gasteiger partial charge in [-0.25, -0.2) is 0 Å². The molecule has 2 aliphatic carbocycles. The van der Waals surface area contributed by atoms with Gasteiger partial charge in [0.15, 0.2) is 0 Å². The molecular weight excluding hydrogens is 344 g/mol. The predicted molar refractivity (Wildman–Crippen MR) is 97.1 cm³/mol. The zero-order valence-corrected chi connectivity index (χ0v) is 16.2. The Bertz CT molecular complexity index is 772. The smallest absolute Gasteiger partial charge is 0.237 e. The van der Waals surface area contributed by atoms with Gasteiger partial charge in [-0.2, -0.15) is 20.3 Å². The fourth-order valence-corrected chi connectivity index (χ4v) is 5.56. The fraction of sp³-hybridized carbons (Fsp3) is 0.789. The summed E-state index contributed by atoms with van der Waals surface area (Å²) in [5.74, 6) is 0.491. The number of nitrogens with zero attached hydrogens (tertiary/aromatic N) is 5. The van der Waals surface area contributed by atoms with E-state index in [-0.39, 0.29) is 35.4 Å². The number of β-amino-alcohol motifs (C(OH)–C–C–N with tert-alkyl or cyclic N) is 1. The van der Waals surface area contributed by atoms with E-state index in [1.807, 2.05) is 0 Å². The molecule has 5 atom stereocenters. The number of hydrogen-bond donors (Lipinski definition) is 2. The van der Waals surface area contributed by atoms with Crippen molar-refractivity contribution in [1.82, 2.24) is 25.2 Å². The largest absolute Gasteiger partial charge is 0.391 e. The normalized spacial score (nSPS) is 39.2. The SMILES string of the molecule is CC1(NCC(=O)N2CC(O)CC2C#N)CC2CC2(Cn2nccn2)C1(C)C. The van der Waals surface area contributed by atoms with Crippen LogP contribution in [0.25, 0.3) is 0 Å². The van der Waals surface area contributed by atoms with Gasteiger partial charge in [-0.1, -0.05) is 13.8 Å². The maximum Gasteiger partial charge on any atom is 0.237 e. The molecule has 4 rings (SSSR count). The van der Waals surface area contributed by atoms with Crippen LogP contribution in [0.5, 0.6) is 0 Å². The van der Waals surface area contributed by atoms with Crippen molar-refractivity contribution in [3.8, 4) is 6.07 Å². The highest BCUT2D eigenvalue weighted by Crippen LogP contribution is 2.75. The van der Waals surface area contributed by atoms with E-state index in [2.05, 4.69) is 42.4 Å². The summed E-state index contributed by atoms with van der Waals surface area (Å²) in [6.45, 7) is 7.99. The Balaban J connectivity index is 1.44. The molecule has 1 aromatic heterocycles. The summed E-state index contributed by atoms with van der Waals surface area (Å²) < 4.78 is 0. The van der Waals surface area contributed by atoms with Crippen LogP contribution in [-0.2, 0) is 11.3 Å². The van der Waals surface area contributed by atoms with E-state index in [1.165, 1.54) is 11.3 Å². The summed E-state index contributed by atoms with van der Waals surface area (Å²) in [7, 11) is 0. The minimum Gasteiger partial charge on any atom is -0.391 e. The van der Waals surface area contributed by atoms with Gasteiger partial charge in [0, 0.05) is 23.9 Å². The van der Waals surface area contributed by atoms with Crippen LogP contribution in [0.2, 0.25) is 0 Å². The van der Waals surface area contributed by atoms with E-state index in [1.54, 1.807) is 17.2 Å². The van der Waals surface area contributed by atoms with Crippen LogP contribution in [0.4, 0.5) is 0 Å². The van der Waals surface area contributed by atoms with Crippen LogP contribution in [-0.4, -0.2) is 61.7 Å². The Kier molecular flexibility index (Phi) is 4.09. The molecule has 2 heterocycles. The third-order valence-electron chi connectivity index (χ3n) is 7.78. The molecule has 27 heavy (non-hydrogen) atoms. The van der Waals surface area contributed by atoms with Crippen molar-refractivity contribution in [1.29, 1.82) is 5.26 Å². The molecule has 146 valence electrons. The molecule has 2 saturated carbocycles. The number of carbonyl (C=O) groups is 1. The number of nitrogens with one attached hydrogen (secondary N) is 1. The standard InChI is InChI=1S/C19H28N6O2/c1-17(2)18(3,7-13-8-19(13,17)12-25-22-4-5-23-25)21-10-16(27)24-11-15(26)6-14(24)9-20/h4-5,13-15,21,26H,6-8,10-12H2,1-3H3. The number of hydrogen-bond acceptors (Lipinski definition) is 6. The second kappa shape index (κ2) is 6.01. The minimum atomic E-state index is -0.602. The van der Waals surface area contributed by atoms with Gasteiger partial charge < -0.3 is 15.3 Å². The molecule has 1 aliphatic heterocycles. The van der Waals surface area contributed by atoms with Crippen molar-refractivity contribution in [2.45, 2.75) is 64.3 Å². The number of aliphatic hydroxyl groups excluding tert-OH is 1. The summed E-state index contributed by atoms with van der Waals surface area (Å²) in [5, 5.41) is 31.1. The molecule has 1 aromatic rings. The van der Waals surface area contributed by atoms with Gasteiger partial charge in [0.05, 0.1) is 37.7 Å². The van der Waals surface area contributed by atoms with Crippen molar-refractivity contribution in [3.63, 3.8) is 0 Å². The third-order valence-corrected chi connectivity index (χ3v) is 7.78. The maximum absolute atomic E-state index is 12.7. The van der Waals surface area contributed by atoms with E-state index in [0.717, 1.165) is 13.0 Å².